The van der Waals surface area contributed by atoms with Crippen molar-refractivity contribution in [2.75, 3.05) is 26.7 Å². The zero-order valence-electron chi connectivity index (χ0n) is 10.7. The number of nitrogens with zero attached hydrogens (tertiary/aromatic N) is 2. The summed E-state index contributed by atoms with van der Waals surface area (Å²) in [6.07, 6.45) is 2.31. The van der Waals surface area contributed by atoms with Crippen LogP contribution in [-0.2, 0) is 6.54 Å². The molecule has 0 atom stereocenters. The predicted octanol–water partition coefficient (Wildman–Crippen LogP) is 0.673. The van der Waals surface area contributed by atoms with Crippen LogP contribution < -0.4 is 11.1 Å². The highest BCUT2D eigenvalue weighted by atomic mass is 32.1. The number of carbonyl (C=O) groups is 1. The van der Waals surface area contributed by atoms with Gasteiger partial charge in [-0.2, -0.15) is 0 Å². The van der Waals surface area contributed by atoms with E-state index in [1.807, 2.05) is 0 Å². The van der Waals surface area contributed by atoms with Crippen LogP contribution in [0, 0.1) is 5.92 Å². The van der Waals surface area contributed by atoms with Gasteiger partial charge in [0.15, 0.2) is 0 Å². The standard InChI is InChI=1S/C12H20N4OS/c1-16-4-2-9(3-5-16)7-14-12(17)10-8-18-11(6-13)15-10/h8-9H,2-7,13H2,1H3,(H,14,17). The van der Waals surface area contributed by atoms with Crippen molar-refractivity contribution in [3.05, 3.63) is 16.1 Å². The van der Waals surface area contributed by atoms with Gasteiger partial charge in [-0.15, -0.1) is 11.3 Å². The summed E-state index contributed by atoms with van der Waals surface area (Å²) in [7, 11) is 2.14. The molecule has 2 rings (SSSR count). The summed E-state index contributed by atoms with van der Waals surface area (Å²) in [5.41, 5.74) is 5.97. The molecule has 1 fully saturated rings. The van der Waals surface area contributed by atoms with Gasteiger partial charge < -0.3 is 16.0 Å². The van der Waals surface area contributed by atoms with Gasteiger partial charge in [0.1, 0.15) is 10.7 Å². The zero-order chi connectivity index (χ0) is 13.0. The Morgan fingerprint density at radius 1 is 1.61 bits per heavy atom. The maximum atomic E-state index is 11.9. The molecule has 0 spiro atoms. The van der Waals surface area contributed by atoms with Gasteiger partial charge in [0.2, 0.25) is 0 Å². The lowest BCUT2D eigenvalue weighted by molar-refractivity contribution is 0.0934. The second-order valence-electron chi connectivity index (χ2n) is 4.79. The van der Waals surface area contributed by atoms with Crippen molar-refractivity contribution in [3.8, 4) is 0 Å². The molecule has 1 aliphatic heterocycles. The van der Waals surface area contributed by atoms with E-state index in [1.54, 1.807) is 5.38 Å². The van der Waals surface area contributed by atoms with Crippen LogP contribution in [0.15, 0.2) is 5.38 Å². The number of amides is 1. The highest BCUT2D eigenvalue weighted by molar-refractivity contribution is 7.09. The Bertz CT molecular complexity index is 399. The number of hydrogen-bond acceptors (Lipinski definition) is 5. The molecular formula is C12H20N4OS. The SMILES string of the molecule is CN1CCC(CNC(=O)c2csc(CN)n2)CC1. The summed E-state index contributed by atoms with van der Waals surface area (Å²) in [4.78, 5) is 18.4. The van der Waals surface area contributed by atoms with Crippen LogP contribution in [0.4, 0.5) is 0 Å². The molecule has 0 bridgehead atoms. The fourth-order valence-electron chi connectivity index (χ4n) is 2.10. The molecule has 5 nitrogen and oxygen atoms in total. The highest BCUT2D eigenvalue weighted by Crippen LogP contribution is 2.15. The van der Waals surface area contributed by atoms with E-state index >= 15 is 0 Å². The maximum absolute atomic E-state index is 11.9. The van der Waals surface area contributed by atoms with E-state index in [9.17, 15) is 4.79 Å². The zero-order valence-corrected chi connectivity index (χ0v) is 11.5. The fraction of sp³-hybridized carbons (Fsp3) is 0.667. The smallest absolute Gasteiger partial charge is 0.270 e. The van der Waals surface area contributed by atoms with Crippen LogP contribution in [0.25, 0.3) is 0 Å². The van der Waals surface area contributed by atoms with Gasteiger partial charge >= 0.3 is 0 Å². The molecule has 0 radical (unpaired) electrons. The first-order valence-corrected chi connectivity index (χ1v) is 7.18. The third kappa shape index (κ3) is 3.51. The number of rotatable bonds is 4. The number of carbonyl (C=O) groups excluding carboxylic acids is 1. The monoisotopic (exact) mass is 268 g/mol. The molecule has 0 aliphatic carbocycles. The van der Waals surface area contributed by atoms with Crippen LogP contribution in [0.3, 0.4) is 0 Å². The van der Waals surface area contributed by atoms with Crippen LogP contribution in [0.5, 0.6) is 0 Å². The van der Waals surface area contributed by atoms with Crippen LogP contribution in [0.1, 0.15) is 28.3 Å². The molecule has 0 aromatic carbocycles. The number of thiazole rings is 1. The van der Waals surface area contributed by atoms with Crippen LogP contribution >= 0.6 is 11.3 Å². The van der Waals surface area contributed by atoms with E-state index < -0.39 is 0 Å². The Morgan fingerprint density at radius 3 is 2.94 bits per heavy atom. The Balaban J connectivity index is 1.77. The number of nitrogens with one attached hydrogen (secondary N) is 1. The molecule has 1 aromatic rings. The molecule has 1 amide bonds. The molecule has 18 heavy (non-hydrogen) atoms. The Hall–Kier alpha value is -0.980. The summed E-state index contributed by atoms with van der Waals surface area (Å²) in [6.45, 7) is 3.39. The van der Waals surface area contributed by atoms with E-state index in [1.165, 1.54) is 11.3 Å². The third-order valence-electron chi connectivity index (χ3n) is 3.35. The van der Waals surface area contributed by atoms with Gasteiger partial charge in [0, 0.05) is 18.5 Å². The van der Waals surface area contributed by atoms with E-state index in [4.69, 9.17) is 5.73 Å². The summed E-state index contributed by atoms with van der Waals surface area (Å²) < 4.78 is 0. The molecule has 1 aliphatic rings. The van der Waals surface area contributed by atoms with Gasteiger partial charge in [0.25, 0.3) is 5.91 Å². The molecule has 100 valence electrons. The van der Waals surface area contributed by atoms with Crippen molar-refractivity contribution >= 4 is 17.2 Å². The van der Waals surface area contributed by atoms with E-state index in [2.05, 4.69) is 22.2 Å². The minimum Gasteiger partial charge on any atom is -0.350 e. The van der Waals surface area contributed by atoms with Gasteiger partial charge in [0.05, 0.1) is 0 Å². The molecular weight excluding hydrogens is 248 g/mol. The summed E-state index contributed by atoms with van der Waals surface area (Å²) in [5, 5.41) is 5.54. The number of nitrogens with two attached hydrogens (primary N) is 1. The number of hydrogen-bond donors (Lipinski definition) is 2. The van der Waals surface area contributed by atoms with Crippen molar-refractivity contribution in [2.24, 2.45) is 11.7 Å². The lowest BCUT2D eigenvalue weighted by Gasteiger charge is -2.28. The Kier molecular flexibility index (Phi) is 4.68. The predicted molar refractivity (Wildman–Crippen MR) is 72.6 cm³/mol. The highest BCUT2D eigenvalue weighted by Gasteiger charge is 2.18. The summed E-state index contributed by atoms with van der Waals surface area (Å²) in [6, 6.07) is 0. The van der Waals surface area contributed by atoms with Crippen molar-refractivity contribution in [3.63, 3.8) is 0 Å². The van der Waals surface area contributed by atoms with Gasteiger partial charge in [-0.05, 0) is 38.9 Å². The fourth-order valence-corrected chi connectivity index (χ4v) is 2.76. The van der Waals surface area contributed by atoms with Crippen molar-refractivity contribution in [1.82, 2.24) is 15.2 Å². The van der Waals surface area contributed by atoms with E-state index in [0.29, 0.717) is 18.2 Å². The molecule has 0 unspecified atom stereocenters. The van der Waals surface area contributed by atoms with Gasteiger partial charge in [-0.3, -0.25) is 4.79 Å². The minimum absolute atomic E-state index is 0.0788. The maximum Gasteiger partial charge on any atom is 0.270 e. The van der Waals surface area contributed by atoms with Gasteiger partial charge in [-0.25, -0.2) is 4.98 Å². The number of likely N-dealkylation sites (tertiary alicyclic amines) is 1. The van der Waals surface area contributed by atoms with E-state index in [0.717, 1.165) is 37.5 Å². The first-order chi connectivity index (χ1) is 8.69. The first kappa shape index (κ1) is 13.5. The van der Waals surface area contributed by atoms with Crippen molar-refractivity contribution in [1.29, 1.82) is 0 Å². The normalized spacial score (nSPS) is 17.9. The quantitative estimate of drug-likeness (QED) is 0.842. The molecule has 2 heterocycles. The average Bonchev–Trinajstić information content (AvgIpc) is 2.86. The number of piperidine rings is 1. The van der Waals surface area contributed by atoms with Crippen molar-refractivity contribution in [2.45, 2.75) is 19.4 Å². The second kappa shape index (κ2) is 6.26. The summed E-state index contributed by atoms with van der Waals surface area (Å²) in [5.74, 6) is 0.516. The van der Waals surface area contributed by atoms with Crippen molar-refractivity contribution < 1.29 is 4.79 Å². The van der Waals surface area contributed by atoms with Gasteiger partial charge in [-0.1, -0.05) is 0 Å². The lowest BCUT2D eigenvalue weighted by Crippen LogP contribution is -2.37. The Morgan fingerprint density at radius 2 is 2.33 bits per heavy atom. The average molecular weight is 268 g/mol. The number of aromatic nitrogens is 1. The topological polar surface area (TPSA) is 71.2 Å². The largest absolute Gasteiger partial charge is 0.350 e. The van der Waals surface area contributed by atoms with E-state index in [-0.39, 0.29) is 5.91 Å². The molecule has 1 saturated heterocycles. The second-order valence-corrected chi connectivity index (χ2v) is 5.73. The van der Waals surface area contributed by atoms with Crippen LogP contribution in [0.2, 0.25) is 0 Å². The molecule has 1 aromatic heterocycles. The first-order valence-electron chi connectivity index (χ1n) is 6.30. The molecule has 6 heteroatoms. The summed E-state index contributed by atoms with van der Waals surface area (Å²) >= 11 is 1.44. The third-order valence-corrected chi connectivity index (χ3v) is 4.22. The molecule has 3 N–H and O–H groups in total. The minimum atomic E-state index is -0.0788. The molecule has 0 saturated carbocycles. The lowest BCUT2D eigenvalue weighted by atomic mass is 9.97. The van der Waals surface area contributed by atoms with Crippen LogP contribution in [-0.4, -0.2) is 42.5 Å². The Labute approximate surface area is 111 Å².